The van der Waals surface area contributed by atoms with Gasteiger partial charge in [-0.05, 0) is 49.7 Å². The summed E-state index contributed by atoms with van der Waals surface area (Å²) in [5.74, 6) is -12.0. The maximum absolute atomic E-state index is 14.7. The molecule has 15 nitrogen and oxygen atoms in total. The maximum atomic E-state index is 14.7. The number of hydrogen-bond donors (Lipinski definition) is 7. The normalized spacial score (nSPS) is 13.8. The zero-order valence-electron chi connectivity index (χ0n) is 33.1. The van der Waals surface area contributed by atoms with Gasteiger partial charge in [-0.1, -0.05) is 96.7 Å². The molecule has 0 saturated heterocycles. The van der Waals surface area contributed by atoms with E-state index in [-0.39, 0.29) is 18.8 Å². The van der Waals surface area contributed by atoms with Crippen LogP contribution < -0.4 is 32.3 Å². The van der Waals surface area contributed by atoms with Crippen molar-refractivity contribution >= 4 is 47.2 Å². The second kappa shape index (κ2) is 26.2. The van der Waals surface area contributed by atoms with E-state index < -0.39 is 107 Å². The maximum Gasteiger partial charge on any atom is 0.339 e. The first-order valence-corrected chi connectivity index (χ1v) is 19.1. The number of carboxylic acids is 1. The van der Waals surface area contributed by atoms with Gasteiger partial charge in [-0.3, -0.25) is 33.6 Å². The Kier molecular flexibility index (Phi) is 22.6. The number of nitrogens with two attached hydrogens (primary N) is 1. The van der Waals surface area contributed by atoms with Gasteiger partial charge < -0.3 is 37.4 Å². The topological polar surface area (TPSA) is 243 Å². The molecule has 0 aliphatic heterocycles. The Morgan fingerprint density at radius 1 is 0.754 bits per heavy atom. The Balaban J connectivity index is 0.00000182. The monoisotopic (exact) mass is 802 g/mol. The smallest absolute Gasteiger partial charge is 0.339 e. The van der Waals surface area contributed by atoms with Gasteiger partial charge in [-0.2, -0.15) is 0 Å². The van der Waals surface area contributed by atoms with Crippen LogP contribution in [0.25, 0.3) is 0 Å². The number of halogens is 2. The third kappa shape index (κ3) is 17.3. The number of hydrogen-bond acceptors (Lipinski definition) is 8. The van der Waals surface area contributed by atoms with Crippen LogP contribution in [-0.2, 0) is 28.8 Å². The summed E-state index contributed by atoms with van der Waals surface area (Å²) >= 11 is 0. The first-order chi connectivity index (χ1) is 27.1. The molecule has 2 aromatic carbocycles. The Morgan fingerprint density at radius 3 is 1.77 bits per heavy atom. The molecule has 0 heterocycles. The molecule has 1 aliphatic rings. The molecule has 1 saturated carbocycles. The highest BCUT2D eigenvalue weighted by Gasteiger charge is 2.37. The SMILES string of the molecule is CC.CCCC(NC(=O)C(CC(C)C)NC(=O)C(NC(=O)c1c(F)ccc(F)c1C(=O)O)C1CCCCC1)C(=O)C(=O)NCC(=O)NCC(N)=O.c1ccccc1. The number of aromatic carboxylic acids is 1. The van der Waals surface area contributed by atoms with Gasteiger partial charge in [0, 0.05) is 0 Å². The Morgan fingerprint density at radius 2 is 1.28 bits per heavy atom. The van der Waals surface area contributed by atoms with Crippen molar-refractivity contribution in [2.24, 2.45) is 17.6 Å². The molecule has 3 atom stereocenters. The number of primary amides is 1. The first-order valence-electron chi connectivity index (χ1n) is 19.1. The van der Waals surface area contributed by atoms with E-state index in [9.17, 15) is 52.2 Å². The molecule has 17 heteroatoms. The fourth-order valence-electron chi connectivity index (χ4n) is 5.89. The lowest BCUT2D eigenvalue weighted by Crippen LogP contribution is -2.58. The summed E-state index contributed by atoms with van der Waals surface area (Å²) in [6.45, 7) is 8.11. The van der Waals surface area contributed by atoms with Gasteiger partial charge in [0.2, 0.25) is 29.4 Å². The van der Waals surface area contributed by atoms with Crippen molar-refractivity contribution in [2.45, 2.75) is 104 Å². The van der Waals surface area contributed by atoms with Crippen LogP contribution in [-0.4, -0.2) is 83.5 Å². The van der Waals surface area contributed by atoms with Crippen molar-refractivity contribution in [1.82, 2.24) is 26.6 Å². The van der Waals surface area contributed by atoms with Gasteiger partial charge in [0.1, 0.15) is 29.3 Å². The van der Waals surface area contributed by atoms with Gasteiger partial charge in [0.25, 0.3) is 11.8 Å². The number of benzene rings is 2. The molecule has 6 amide bonds. The number of nitrogens with one attached hydrogen (secondary N) is 5. The van der Waals surface area contributed by atoms with E-state index in [1.54, 1.807) is 20.8 Å². The lowest BCUT2D eigenvalue weighted by molar-refractivity contribution is -0.141. The summed E-state index contributed by atoms with van der Waals surface area (Å²) in [4.78, 5) is 100. The van der Waals surface area contributed by atoms with Gasteiger partial charge in [0.05, 0.1) is 24.7 Å². The van der Waals surface area contributed by atoms with E-state index in [0.29, 0.717) is 44.2 Å². The van der Waals surface area contributed by atoms with Crippen molar-refractivity contribution in [3.63, 3.8) is 0 Å². The predicted molar refractivity (Wildman–Crippen MR) is 207 cm³/mol. The minimum atomic E-state index is -1.88. The molecule has 0 radical (unpaired) electrons. The molecule has 314 valence electrons. The molecule has 2 aromatic rings. The van der Waals surface area contributed by atoms with Crippen LogP contribution in [0.2, 0.25) is 0 Å². The molecule has 0 bridgehead atoms. The zero-order valence-corrected chi connectivity index (χ0v) is 33.1. The van der Waals surface area contributed by atoms with Gasteiger partial charge in [-0.15, -0.1) is 0 Å². The number of carbonyl (C=O) groups is 8. The van der Waals surface area contributed by atoms with Crippen molar-refractivity contribution in [1.29, 1.82) is 0 Å². The lowest BCUT2D eigenvalue weighted by Gasteiger charge is -2.32. The van der Waals surface area contributed by atoms with Crippen LogP contribution in [0.1, 0.15) is 107 Å². The highest BCUT2D eigenvalue weighted by Crippen LogP contribution is 2.28. The molecule has 1 aliphatic carbocycles. The average Bonchev–Trinajstić information content (AvgIpc) is 3.19. The highest BCUT2D eigenvalue weighted by molar-refractivity contribution is 6.38. The number of rotatable bonds is 18. The van der Waals surface area contributed by atoms with Crippen LogP contribution in [0.3, 0.4) is 0 Å². The standard InChI is InChI=1S/C32H44F2N6O9.C6H6.C2H6/c1-4-8-20(27(43)31(47)37-15-23(42)36-14-22(35)41)38-28(44)21(13-16(2)3)39-30(46)26(17-9-6-5-7-10-17)40-29(45)24-18(33)11-12-19(34)25(24)32(48)49;1-2-4-6-5-3-1;1-2/h11-12,16-17,20-21,26H,4-10,13-15H2,1-3H3,(H2,35,41)(H,36,42)(H,37,47)(H,38,44)(H,39,46)(H,40,45)(H,48,49);1-6H;1-2H3. The van der Waals surface area contributed by atoms with E-state index in [1.165, 1.54) is 0 Å². The Hall–Kier alpha value is -5.74. The molecule has 3 rings (SSSR count). The van der Waals surface area contributed by atoms with Crippen molar-refractivity contribution in [2.75, 3.05) is 13.1 Å². The fourth-order valence-corrected chi connectivity index (χ4v) is 5.89. The van der Waals surface area contributed by atoms with Crippen LogP contribution in [0, 0.1) is 23.5 Å². The highest BCUT2D eigenvalue weighted by atomic mass is 19.1. The molecule has 0 spiro atoms. The van der Waals surface area contributed by atoms with E-state index in [1.807, 2.05) is 50.2 Å². The number of ketones is 1. The number of carbonyl (C=O) groups excluding carboxylic acids is 7. The summed E-state index contributed by atoms with van der Waals surface area (Å²) in [5, 5.41) is 21.2. The quantitative estimate of drug-likeness (QED) is 0.109. The summed E-state index contributed by atoms with van der Waals surface area (Å²) in [7, 11) is 0. The molecule has 57 heavy (non-hydrogen) atoms. The van der Waals surface area contributed by atoms with Crippen LogP contribution in [0.15, 0.2) is 48.5 Å². The molecular weight excluding hydrogens is 746 g/mol. The third-order valence-corrected chi connectivity index (χ3v) is 8.55. The number of Topliss-reactive ketones (excluding diaryl/α,β-unsaturated/α-hetero) is 1. The van der Waals surface area contributed by atoms with E-state index in [2.05, 4.69) is 26.6 Å². The van der Waals surface area contributed by atoms with E-state index in [0.717, 1.165) is 6.42 Å². The van der Waals surface area contributed by atoms with E-state index in [4.69, 9.17) is 5.73 Å². The van der Waals surface area contributed by atoms with Crippen molar-refractivity contribution in [3.05, 3.63) is 71.3 Å². The van der Waals surface area contributed by atoms with Crippen molar-refractivity contribution in [3.8, 4) is 0 Å². The molecule has 0 aromatic heterocycles. The summed E-state index contributed by atoms with van der Waals surface area (Å²) in [5.41, 5.74) is 2.67. The lowest BCUT2D eigenvalue weighted by atomic mass is 9.83. The summed E-state index contributed by atoms with van der Waals surface area (Å²) < 4.78 is 29.1. The molecule has 8 N–H and O–H groups in total. The number of carboxylic acid groups (broad SMARTS) is 1. The van der Waals surface area contributed by atoms with Gasteiger partial charge in [-0.25, -0.2) is 13.6 Å². The van der Waals surface area contributed by atoms with Gasteiger partial charge >= 0.3 is 5.97 Å². The molecule has 1 fully saturated rings. The minimum absolute atomic E-state index is 0.0279. The third-order valence-electron chi connectivity index (χ3n) is 8.55. The number of amides is 6. The Bertz CT molecular complexity index is 1640. The van der Waals surface area contributed by atoms with E-state index >= 15 is 0 Å². The summed E-state index contributed by atoms with van der Waals surface area (Å²) in [6.07, 6.45) is 3.64. The van der Waals surface area contributed by atoms with Gasteiger partial charge in [0.15, 0.2) is 0 Å². The van der Waals surface area contributed by atoms with Crippen LogP contribution in [0.5, 0.6) is 0 Å². The predicted octanol–water partition coefficient (Wildman–Crippen LogP) is 3.16. The summed E-state index contributed by atoms with van der Waals surface area (Å²) in [6, 6.07) is 9.20. The fraction of sp³-hybridized carbons (Fsp3) is 0.500. The largest absolute Gasteiger partial charge is 0.478 e. The molecule has 3 unspecified atom stereocenters. The zero-order chi connectivity index (χ0) is 43.1. The minimum Gasteiger partial charge on any atom is -0.478 e. The average molecular weight is 803 g/mol. The molecular formula is C40H56F2N6O9. The Labute approximate surface area is 331 Å². The first kappa shape index (κ1) is 49.3. The van der Waals surface area contributed by atoms with Crippen LogP contribution in [0.4, 0.5) is 8.78 Å². The van der Waals surface area contributed by atoms with Crippen LogP contribution >= 0.6 is 0 Å². The van der Waals surface area contributed by atoms with Crippen molar-refractivity contribution < 1.29 is 52.2 Å². The second-order valence-corrected chi connectivity index (χ2v) is 13.4. The second-order valence-electron chi connectivity index (χ2n) is 13.4.